The third kappa shape index (κ3) is 24.6. The molecule has 6 heterocycles. The summed E-state index contributed by atoms with van der Waals surface area (Å²) in [6, 6.07) is 46.4. The molecule has 0 aliphatic rings. The Morgan fingerprint density at radius 2 is 1.10 bits per heavy atom. The van der Waals surface area contributed by atoms with Crippen LogP contribution in [0.5, 0.6) is 0 Å². The number of carboxylic acids is 1. The number of aromatic nitrogens is 6. The summed E-state index contributed by atoms with van der Waals surface area (Å²) in [6.07, 6.45) is 9.00. The van der Waals surface area contributed by atoms with Crippen molar-refractivity contribution in [3.63, 3.8) is 0 Å². The van der Waals surface area contributed by atoms with Crippen molar-refractivity contribution in [1.29, 1.82) is 0 Å². The van der Waals surface area contributed by atoms with Crippen LogP contribution in [0.4, 0.5) is 32.0 Å². The molecule has 2 N–H and O–H groups in total. The van der Waals surface area contributed by atoms with Crippen LogP contribution in [-0.4, -0.2) is 51.9 Å². The first kappa shape index (κ1) is 69.9. The molecule has 0 spiro atoms. The van der Waals surface area contributed by atoms with Gasteiger partial charge in [0, 0.05) is 141 Å². The number of aromatic carboxylic acids is 1. The van der Waals surface area contributed by atoms with Gasteiger partial charge in [-0.25, -0.2) is 18.6 Å². The van der Waals surface area contributed by atoms with Gasteiger partial charge in [-0.3, -0.25) is 32.2 Å². The monoisotopic (exact) mass is 1760 g/mol. The third-order valence-corrected chi connectivity index (χ3v) is 8.67. The van der Waals surface area contributed by atoms with Gasteiger partial charge in [0.2, 0.25) is 0 Å². The molecule has 21 heteroatoms. The zero-order chi connectivity index (χ0) is 53.1. The number of carboxylic acid groups (broad SMARTS) is 1. The van der Waals surface area contributed by atoms with E-state index in [9.17, 15) is 35.9 Å². The van der Waals surface area contributed by atoms with Crippen molar-refractivity contribution in [3.8, 4) is 45.0 Å². The molecule has 0 fully saturated rings. The molecule has 0 aliphatic heterocycles. The van der Waals surface area contributed by atoms with Crippen molar-refractivity contribution >= 4 is 17.4 Å². The van der Waals surface area contributed by atoms with Crippen LogP contribution in [0.15, 0.2) is 176 Å². The van der Waals surface area contributed by atoms with Crippen LogP contribution in [0.25, 0.3) is 49.9 Å². The summed E-state index contributed by atoms with van der Waals surface area (Å²) in [5.74, 6) is -5.95. The molecule has 4 radical (unpaired) electrons. The van der Waals surface area contributed by atoms with Gasteiger partial charge >= 0.3 is 5.97 Å². The number of aryl methyl sites for hydroxylation is 1. The predicted molar refractivity (Wildman–Crippen MR) is 261 cm³/mol. The maximum Gasteiger partial charge on any atom is 0.354 e. The Balaban J connectivity index is 0.000000908. The molecular formula is C56H39F6Ir4N7O4-4. The van der Waals surface area contributed by atoms with Crippen LogP contribution in [0, 0.1) is 72.9 Å². The van der Waals surface area contributed by atoms with Crippen LogP contribution < -0.4 is 0 Å². The second-order valence-electron chi connectivity index (χ2n) is 14.3. The number of halogens is 6. The van der Waals surface area contributed by atoms with Gasteiger partial charge in [0.1, 0.15) is 17.6 Å². The van der Waals surface area contributed by atoms with E-state index in [0.29, 0.717) is 17.1 Å². The summed E-state index contributed by atoms with van der Waals surface area (Å²) in [5, 5.41) is 16.7. The van der Waals surface area contributed by atoms with E-state index in [1.807, 2.05) is 49.4 Å². The van der Waals surface area contributed by atoms with Gasteiger partial charge in [-0.05, 0) is 79.9 Å². The zero-order valence-corrected chi connectivity index (χ0v) is 49.7. The van der Waals surface area contributed by atoms with Crippen molar-refractivity contribution in [2.24, 2.45) is 0 Å². The van der Waals surface area contributed by atoms with Gasteiger partial charge in [0.15, 0.2) is 11.5 Å². The SMILES string of the molecule is CC(=O)C=C(C)O.Fc1c[c-]c(-c2ccccn2)c(F)c1.Fc1c[c-]c(-c2ccccn2)c(F)n1.O=C(O)c1ccccn1.[C-]#[N+]c1c(F)c[c-]c(-c2cc(C)ccn2)c1F.[Ir].[Ir].[Ir].[Ir].[c-]1ccccc1-c1ccccn1. The van der Waals surface area contributed by atoms with Crippen LogP contribution in [0.2, 0.25) is 0 Å². The van der Waals surface area contributed by atoms with Gasteiger partial charge in [-0.15, -0.1) is 71.8 Å². The van der Waals surface area contributed by atoms with Gasteiger partial charge in [0.05, 0.1) is 12.3 Å². The van der Waals surface area contributed by atoms with E-state index in [2.05, 4.69) is 59.0 Å². The van der Waals surface area contributed by atoms with Gasteiger partial charge in [0.25, 0.3) is 0 Å². The van der Waals surface area contributed by atoms with E-state index in [1.165, 1.54) is 44.6 Å². The van der Waals surface area contributed by atoms with Crippen molar-refractivity contribution in [3.05, 3.63) is 258 Å². The number of ketones is 1. The molecule has 0 aliphatic carbocycles. The summed E-state index contributed by atoms with van der Waals surface area (Å²) in [5.41, 5.74) is 3.82. The number of aliphatic hydroxyl groups is 1. The van der Waals surface area contributed by atoms with Crippen LogP contribution >= 0.6 is 0 Å². The smallest absolute Gasteiger partial charge is 0.354 e. The summed E-state index contributed by atoms with van der Waals surface area (Å²) >= 11 is 0. The first-order chi connectivity index (χ1) is 35.1. The Labute approximate surface area is 494 Å². The molecule has 0 unspecified atom stereocenters. The molecule has 0 bridgehead atoms. The minimum atomic E-state index is -0.990. The van der Waals surface area contributed by atoms with E-state index in [-0.39, 0.29) is 114 Å². The fraction of sp³-hybridized carbons (Fsp3) is 0.0536. The largest absolute Gasteiger partial charge is 0.512 e. The maximum absolute atomic E-state index is 13.8. The standard InChI is InChI=1S/C13H7F2N2.C11H6F2N.C11H8N.C10H5F2N2.C6H5NO2.C5H8O2.4Ir/c1-8-5-6-17-11(7-8)9-3-4-10(14)13(16-2)12(9)15;12-8-4-5-9(10(13)7-8)11-3-1-2-6-14-11;1-2-6-10(7-3-1)11-8-4-5-9-12-11;11-9-5-4-7(10(12)14-9)8-3-1-2-6-13-8;8-6(9)5-3-1-2-4-7-5;1-4(6)3-5(2)7;;;;/h4-7H,1H3;1-4,6-7H;1-6,8-9H;1-3,5-6H;1-4H,(H,8,9);3,6H,1-2H3;;;;/q4*-1;;;;;;. The molecule has 11 nitrogen and oxygen atoms in total. The van der Waals surface area contributed by atoms with E-state index in [0.717, 1.165) is 41.1 Å². The van der Waals surface area contributed by atoms with Crippen molar-refractivity contribution in [2.45, 2.75) is 20.8 Å². The number of aliphatic hydroxyl groups excluding tert-OH is 1. The summed E-state index contributed by atoms with van der Waals surface area (Å²) < 4.78 is 78.3. The predicted octanol–water partition coefficient (Wildman–Crippen LogP) is 13.1. The molecule has 3 aromatic carbocycles. The number of nitrogens with zero attached hydrogens (tertiary/aromatic N) is 7. The number of hydrogen-bond donors (Lipinski definition) is 2. The van der Waals surface area contributed by atoms with Crippen LogP contribution in [0.1, 0.15) is 29.9 Å². The second kappa shape index (κ2) is 37.6. The Morgan fingerprint density at radius 1 is 0.571 bits per heavy atom. The molecule has 0 saturated carbocycles. The van der Waals surface area contributed by atoms with Crippen molar-refractivity contribution in [1.82, 2.24) is 29.9 Å². The average molecular weight is 1760 g/mol. The summed E-state index contributed by atoms with van der Waals surface area (Å²) in [4.78, 5) is 45.7. The van der Waals surface area contributed by atoms with E-state index >= 15 is 0 Å². The number of allylic oxidation sites excluding steroid dienone is 2. The Kier molecular flexibility index (Phi) is 34.2. The van der Waals surface area contributed by atoms with E-state index in [1.54, 1.807) is 73.1 Å². The van der Waals surface area contributed by atoms with Gasteiger partial charge in [-0.1, -0.05) is 77.4 Å². The Morgan fingerprint density at radius 3 is 1.55 bits per heavy atom. The minimum absolute atomic E-state index is 0. The minimum Gasteiger partial charge on any atom is -0.512 e. The number of carbonyl (C=O) groups is 2. The molecular weight excluding hydrogens is 1720 g/mol. The Bertz CT molecular complexity index is 3140. The third-order valence-electron chi connectivity index (χ3n) is 8.67. The number of carbonyl (C=O) groups excluding carboxylic acids is 1. The number of rotatable bonds is 6. The molecule has 6 aromatic heterocycles. The van der Waals surface area contributed by atoms with Crippen LogP contribution in [0.3, 0.4) is 0 Å². The van der Waals surface area contributed by atoms with E-state index in [4.69, 9.17) is 16.8 Å². The number of benzene rings is 3. The van der Waals surface area contributed by atoms with Crippen molar-refractivity contribution in [2.75, 3.05) is 0 Å². The Hall–Kier alpha value is -7.09. The molecule has 0 atom stereocenters. The molecule has 0 saturated heterocycles. The fourth-order valence-electron chi connectivity index (χ4n) is 5.53. The molecule has 0 amide bonds. The van der Waals surface area contributed by atoms with E-state index < -0.39 is 46.8 Å². The molecule has 404 valence electrons. The van der Waals surface area contributed by atoms with Gasteiger partial charge in [-0.2, -0.15) is 0 Å². The summed E-state index contributed by atoms with van der Waals surface area (Å²) in [7, 11) is 0. The number of pyridine rings is 6. The molecule has 9 aromatic rings. The number of hydrogen-bond acceptors (Lipinski definition) is 9. The quantitative estimate of drug-likeness (QED) is 0.0540. The molecule has 9 rings (SSSR count). The van der Waals surface area contributed by atoms with Crippen molar-refractivity contribution < 1.29 is 127 Å². The zero-order valence-electron chi connectivity index (χ0n) is 40.1. The average Bonchev–Trinajstić information content (AvgIpc) is 3.38. The topological polar surface area (TPSA) is 156 Å². The second-order valence-corrected chi connectivity index (χ2v) is 14.3. The first-order valence-corrected chi connectivity index (χ1v) is 21.1. The maximum atomic E-state index is 13.8. The first-order valence-electron chi connectivity index (χ1n) is 21.1. The van der Waals surface area contributed by atoms with Crippen LogP contribution in [-0.2, 0) is 85.2 Å². The summed E-state index contributed by atoms with van der Waals surface area (Å²) in [6.45, 7) is 11.4. The fourth-order valence-corrected chi connectivity index (χ4v) is 5.53. The molecule has 77 heavy (non-hydrogen) atoms. The van der Waals surface area contributed by atoms with Gasteiger partial charge < -0.3 is 30.1 Å². The normalized spacial score (nSPS) is 9.48.